The Balaban J connectivity index is 1.60. The number of nitrogens with zero attached hydrogens (tertiary/aromatic N) is 1. The molecule has 0 bridgehead atoms. The van der Waals surface area contributed by atoms with E-state index in [1.807, 2.05) is 0 Å². The summed E-state index contributed by atoms with van der Waals surface area (Å²) in [5.41, 5.74) is 0. The number of fused-ring (bicyclic) bond motifs is 1. The quantitative estimate of drug-likeness (QED) is 0.0610. The molecule has 2 aliphatic heterocycles. The molecule has 2 saturated heterocycles. The average Bonchev–Trinajstić information content (AvgIpc) is 3.32. The maximum atomic E-state index is 10.5. The number of likely N-dealkylation sites (tertiary alicyclic amines) is 1. The molecule has 48 heavy (non-hydrogen) atoms. The Kier molecular flexibility index (Phi) is 26.4. The van der Waals surface area contributed by atoms with Crippen molar-refractivity contribution < 1.29 is 14.6 Å². The zero-order chi connectivity index (χ0) is 34.4. The number of ether oxygens (including phenoxy) is 2. The fourth-order valence-electron chi connectivity index (χ4n) is 7.30. The molecule has 2 fully saturated rings. The zero-order valence-corrected chi connectivity index (χ0v) is 32.1. The van der Waals surface area contributed by atoms with E-state index < -0.39 is 5.79 Å². The van der Waals surface area contributed by atoms with Gasteiger partial charge in [0, 0.05) is 32.4 Å². The van der Waals surface area contributed by atoms with Crippen LogP contribution in [0.2, 0.25) is 0 Å². The molecule has 0 radical (unpaired) electrons. The lowest BCUT2D eigenvalue weighted by molar-refractivity contribution is -0.190. The number of hydrogen-bond donors (Lipinski definition) is 1. The number of unbranched alkanes of at least 4 members (excludes halogenated alkanes) is 18. The van der Waals surface area contributed by atoms with Crippen LogP contribution in [0.5, 0.6) is 0 Å². The van der Waals surface area contributed by atoms with Gasteiger partial charge >= 0.3 is 0 Å². The smallest absolute Gasteiger partial charge is 0.169 e. The van der Waals surface area contributed by atoms with E-state index in [0.29, 0.717) is 13.0 Å². The van der Waals surface area contributed by atoms with E-state index in [2.05, 4.69) is 74.4 Å². The fourth-order valence-corrected chi connectivity index (χ4v) is 7.30. The SMILES string of the molecule is CCCCCC=CCC=CCCCCCCCCC1(CCCCCCCCC=CCC=CCCCCC)O[C@H]2C[C@H](O)CN(C)C[C@H]2O1. The summed E-state index contributed by atoms with van der Waals surface area (Å²) in [7, 11) is 2.10. The first-order valence-electron chi connectivity index (χ1n) is 20.9. The summed E-state index contributed by atoms with van der Waals surface area (Å²) in [6.07, 6.45) is 51.7. The van der Waals surface area contributed by atoms with E-state index in [-0.39, 0.29) is 18.3 Å². The highest BCUT2D eigenvalue weighted by atomic mass is 16.8. The second kappa shape index (κ2) is 29.5. The highest BCUT2D eigenvalue weighted by Crippen LogP contribution is 2.40. The normalized spacial score (nSPS) is 23.8. The van der Waals surface area contributed by atoms with Gasteiger partial charge in [0.2, 0.25) is 0 Å². The molecule has 2 heterocycles. The number of allylic oxidation sites excluding steroid dienone is 8. The third-order valence-electron chi connectivity index (χ3n) is 10.2. The highest BCUT2D eigenvalue weighted by molar-refractivity contribution is 4.94. The van der Waals surface area contributed by atoms with Crippen LogP contribution in [0.3, 0.4) is 0 Å². The van der Waals surface area contributed by atoms with Crippen molar-refractivity contribution in [3.8, 4) is 0 Å². The van der Waals surface area contributed by atoms with Crippen molar-refractivity contribution in [2.75, 3.05) is 20.1 Å². The molecule has 0 unspecified atom stereocenters. The fraction of sp³-hybridized carbons (Fsp3) is 0.818. The second-order valence-electron chi connectivity index (χ2n) is 15.0. The largest absolute Gasteiger partial charge is 0.392 e. The standard InChI is InChI=1S/C44H79NO3/c1-4-6-8-10-12-14-16-18-20-22-24-26-28-30-32-34-36-44(47-42-38-41(46)39-45(3)40-43(42)48-44)37-35-33-31-29-27-25-23-21-19-17-15-13-11-9-7-5-2/h12-15,18-21,41-43,46H,4-11,16-17,22-40H2,1-3H3/t41-,42-,43+,44?/m0/s1. The molecule has 0 aliphatic carbocycles. The Bertz CT molecular complexity index is 780. The van der Waals surface area contributed by atoms with E-state index >= 15 is 0 Å². The molecule has 2 rings (SSSR count). The van der Waals surface area contributed by atoms with E-state index in [4.69, 9.17) is 9.47 Å². The van der Waals surface area contributed by atoms with E-state index in [0.717, 1.165) is 32.2 Å². The van der Waals surface area contributed by atoms with E-state index in [9.17, 15) is 5.11 Å². The molecular formula is C44H79NO3. The van der Waals surface area contributed by atoms with Gasteiger partial charge in [-0.2, -0.15) is 0 Å². The van der Waals surface area contributed by atoms with Crippen LogP contribution >= 0.6 is 0 Å². The van der Waals surface area contributed by atoms with Gasteiger partial charge in [-0.05, 0) is 84.1 Å². The molecule has 1 N–H and O–H groups in total. The van der Waals surface area contributed by atoms with Crippen LogP contribution < -0.4 is 0 Å². The molecule has 4 nitrogen and oxygen atoms in total. The number of likely N-dealkylation sites (N-methyl/N-ethyl adjacent to an activating group) is 1. The summed E-state index contributed by atoms with van der Waals surface area (Å²) in [5.74, 6) is -0.447. The molecule has 0 amide bonds. The number of β-amino-alcohol motifs (C(OH)–C–C–N with tert-alkyl or cyclic N) is 1. The lowest BCUT2D eigenvalue weighted by atomic mass is 9.98. The van der Waals surface area contributed by atoms with Crippen LogP contribution in [0.25, 0.3) is 0 Å². The van der Waals surface area contributed by atoms with Crippen LogP contribution in [0.4, 0.5) is 0 Å². The van der Waals surface area contributed by atoms with Gasteiger partial charge in [0.05, 0.1) is 18.3 Å². The topological polar surface area (TPSA) is 41.9 Å². The number of aliphatic hydroxyl groups excluding tert-OH is 1. The molecular weight excluding hydrogens is 590 g/mol. The molecule has 3 atom stereocenters. The van der Waals surface area contributed by atoms with E-state index in [1.54, 1.807) is 0 Å². The molecule has 0 aromatic rings. The van der Waals surface area contributed by atoms with Crippen molar-refractivity contribution in [2.45, 2.75) is 211 Å². The number of hydrogen-bond acceptors (Lipinski definition) is 4. The molecule has 0 aromatic carbocycles. The van der Waals surface area contributed by atoms with Crippen molar-refractivity contribution in [1.29, 1.82) is 0 Å². The summed E-state index contributed by atoms with van der Waals surface area (Å²) in [6.45, 7) is 6.10. The van der Waals surface area contributed by atoms with Gasteiger partial charge in [-0.3, -0.25) is 0 Å². The van der Waals surface area contributed by atoms with Gasteiger partial charge < -0.3 is 19.5 Å². The predicted molar refractivity (Wildman–Crippen MR) is 209 cm³/mol. The predicted octanol–water partition coefficient (Wildman–Crippen LogP) is 12.6. The van der Waals surface area contributed by atoms with Crippen molar-refractivity contribution >= 4 is 0 Å². The lowest BCUT2D eigenvalue weighted by Crippen LogP contribution is -2.36. The Hall–Kier alpha value is -1.20. The summed E-state index contributed by atoms with van der Waals surface area (Å²) in [5, 5.41) is 10.5. The van der Waals surface area contributed by atoms with E-state index in [1.165, 1.54) is 141 Å². The Labute approximate surface area is 298 Å². The molecule has 0 aromatic heterocycles. The molecule has 278 valence electrons. The maximum absolute atomic E-state index is 10.5. The molecule has 4 heteroatoms. The van der Waals surface area contributed by atoms with Gasteiger partial charge in [-0.15, -0.1) is 0 Å². The summed E-state index contributed by atoms with van der Waals surface area (Å²) >= 11 is 0. The second-order valence-corrected chi connectivity index (χ2v) is 15.0. The minimum atomic E-state index is -0.447. The van der Waals surface area contributed by atoms with Gasteiger partial charge in [0.1, 0.15) is 0 Å². The Morgan fingerprint density at radius 2 is 0.917 bits per heavy atom. The maximum Gasteiger partial charge on any atom is 0.169 e. The van der Waals surface area contributed by atoms with Crippen LogP contribution in [-0.2, 0) is 9.47 Å². The molecule has 0 saturated carbocycles. The first-order chi connectivity index (χ1) is 23.6. The first-order valence-corrected chi connectivity index (χ1v) is 20.9. The molecule has 2 aliphatic rings. The minimum absolute atomic E-state index is 0.0270. The third kappa shape index (κ3) is 21.8. The van der Waals surface area contributed by atoms with Crippen molar-refractivity contribution in [2.24, 2.45) is 0 Å². The van der Waals surface area contributed by atoms with Crippen LogP contribution in [0, 0.1) is 0 Å². The van der Waals surface area contributed by atoms with Crippen LogP contribution in [0.15, 0.2) is 48.6 Å². The number of rotatable bonds is 30. The summed E-state index contributed by atoms with van der Waals surface area (Å²) in [4.78, 5) is 2.22. The van der Waals surface area contributed by atoms with Crippen LogP contribution in [0.1, 0.15) is 187 Å². The number of aliphatic hydroxyl groups is 1. The first kappa shape index (κ1) is 43.0. The van der Waals surface area contributed by atoms with Crippen molar-refractivity contribution in [3.63, 3.8) is 0 Å². The van der Waals surface area contributed by atoms with Crippen molar-refractivity contribution in [3.05, 3.63) is 48.6 Å². The third-order valence-corrected chi connectivity index (χ3v) is 10.2. The van der Waals surface area contributed by atoms with Crippen molar-refractivity contribution in [1.82, 2.24) is 4.90 Å². The van der Waals surface area contributed by atoms with Gasteiger partial charge in [-0.25, -0.2) is 0 Å². The van der Waals surface area contributed by atoms with Crippen LogP contribution in [-0.4, -0.2) is 54.2 Å². The summed E-state index contributed by atoms with van der Waals surface area (Å²) < 4.78 is 13.6. The average molecular weight is 670 g/mol. The van der Waals surface area contributed by atoms with Gasteiger partial charge in [0.15, 0.2) is 5.79 Å². The molecule has 0 spiro atoms. The van der Waals surface area contributed by atoms with Gasteiger partial charge in [0.25, 0.3) is 0 Å². The zero-order valence-electron chi connectivity index (χ0n) is 32.1. The Morgan fingerprint density at radius 3 is 1.38 bits per heavy atom. The highest BCUT2D eigenvalue weighted by Gasteiger charge is 2.48. The lowest BCUT2D eigenvalue weighted by Gasteiger charge is -2.30. The minimum Gasteiger partial charge on any atom is -0.392 e. The monoisotopic (exact) mass is 670 g/mol. The Morgan fingerprint density at radius 1 is 0.521 bits per heavy atom. The summed E-state index contributed by atoms with van der Waals surface area (Å²) in [6, 6.07) is 0. The van der Waals surface area contributed by atoms with Gasteiger partial charge in [-0.1, -0.05) is 140 Å².